The molecule has 8 nitrogen and oxygen atoms in total. The summed E-state index contributed by atoms with van der Waals surface area (Å²) in [5.41, 5.74) is 12.2. The van der Waals surface area contributed by atoms with Gasteiger partial charge in [-0.25, -0.2) is 0 Å². The van der Waals surface area contributed by atoms with Crippen LogP contribution in [0.25, 0.3) is 10.9 Å². The fraction of sp³-hybridized carbons (Fsp3) is 0.667. The normalized spacial score (nSPS) is 13.0. The molecule has 0 saturated heterocycles. The first kappa shape index (κ1) is 31.1. The van der Waals surface area contributed by atoms with Gasteiger partial charge in [0.05, 0.1) is 11.4 Å². The number of hydrazone groups is 2. The summed E-state index contributed by atoms with van der Waals surface area (Å²) in [4.78, 5) is 0. The molecule has 27 heavy (non-hydrogen) atoms. The number of hydrogen-bond donors (Lipinski definition) is 0. The van der Waals surface area contributed by atoms with E-state index < -0.39 is 0 Å². The molecule has 0 radical (unpaired) electrons. The van der Waals surface area contributed by atoms with Gasteiger partial charge in [-0.1, -0.05) is 26.0 Å². The van der Waals surface area contributed by atoms with Gasteiger partial charge >= 0.3 is 45.5 Å². The minimum atomic E-state index is 0. The summed E-state index contributed by atoms with van der Waals surface area (Å²) in [5.74, 6) is 0. The van der Waals surface area contributed by atoms with Crippen LogP contribution in [0.1, 0.15) is 27.7 Å². The van der Waals surface area contributed by atoms with Gasteiger partial charge in [-0.3, -0.25) is 0 Å². The Morgan fingerprint density at radius 1 is 0.593 bits per heavy atom. The number of hydrogen-bond acceptors (Lipinski definition) is 6. The van der Waals surface area contributed by atoms with Crippen molar-refractivity contribution < 1.29 is 0 Å². The second-order valence-electron chi connectivity index (χ2n) is 6.64. The van der Waals surface area contributed by atoms with Gasteiger partial charge in [0, 0.05) is 28.2 Å². The average molecular weight is 454 g/mol. The number of allylic oxidation sites excluding steroid dienone is 4. The van der Waals surface area contributed by atoms with Crippen LogP contribution in [0.3, 0.4) is 0 Å². The molecule has 0 atom stereocenters. The molecule has 0 aliphatic carbocycles. The minimum Gasteiger partial charge on any atom is -0.624 e. The second-order valence-corrected chi connectivity index (χ2v) is 6.64. The van der Waals surface area contributed by atoms with Crippen molar-refractivity contribution in [1.29, 1.82) is 0 Å². The van der Waals surface area contributed by atoms with E-state index in [-0.39, 0.29) is 45.5 Å². The molecule has 0 unspecified atom stereocenters. The largest absolute Gasteiger partial charge is 2.00 e. The molecule has 0 aromatic rings. The third kappa shape index (κ3) is 25.4. The van der Waals surface area contributed by atoms with Gasteiger partial charge in [0.1, 0.15) is 0 Å². The first-order valence-corrected chi connectivity index (χ1v) is 8.43. The van der Waals surface area contributed by atoms with E-state index in [9.17, 15) is 0 Å². The van der Waals surface area contributed by atoms with E-state index in [0.717, 1.165) is 22.8 Å². The Morgan fingerprint density at radius 3 is 1.04 bits per heavy atom. The Hall–Kier alpha value is -0.579. The monoisotopic (exact) mass is 454 g/mol. The van der Waals surface area contributed by atoms with E-state index in [1.807, 2.05) is 96.2 Å². The summed E-state index contributed by atoms with van der Waals surface area (Å²) < 4.78 is 0. The van der Waals surface area contributed by atoms with Gasteiger partial charge in [-0.2, -0.15) is 21.6 Å². The number of nitrogens with zero attached hydrogens (tertiary/aromatic N) is 8. The molecule has 0 aromatic carbocycles. The predicted octanol–water partition coefficient (Wildman–Crippen LogP) is 2.98. The first-order valence-electron chi connectivity index (χ1n) is 8.43. The molecule has 0 amide bonds. The van der Waals surface area contributed by atoms with Gasteiger partial charge in [-0.05, 0) is 42.0 Å². The smallest absolute Gasteiger partial charge is 0.624 e. The van der Waals surface area contributed by atoms with Crippen LogP contribution in [0, 0.1) is 0 Å². The van der Waals surface area contributed by atoms with E-state index in [2.05, 4.69) is 21.1 Å². The zero-order valence-electron chi connectivity index (χ0n) is 19.4. The molecule has 0 saturated carbocycles. The summed E-state index contributed by atoms with van der Waals surface area (Å²) in [6.45, 7) is 7.81. The van der Waals surface area contributed by atoms with Crippen LogP contribution in [-0.4, -0.2) is 133 Å². The fourth-order valence-electron chi connectivity index (χ4n) is 1.98. The molecular formula is C18H38N8Sr. The molecule has 0 heterocycles. The molecule has 0 aliphatic rings. The maximum Gasteiger partial charge on any atom is 2.00 e. The summed E-state index contributed by atoms with van der Waals surface area (Å²) in [7, 11) is 15.2. The standard InChI is InChI=1S/2C9H19N4.Sr/c2*1-8(10-12(3)4)7-9(2)11-13(5)6;/h2*7H,1-6H3;/q2*-1;+2/b2*8-7-,11-9+;. The van der Waals surface area contributed by atoms with Crippen LogP contribution in [0.15, 0.2) is 33.7 Å². The Kier molecular flexibility index (Phi) is 20.2. The Morgan fingerprint density at radius 2 is 0.852 bits per heavy atom. The Balaban J connectivity index is -0.000000411. The summed E-state index contributed by atoms with van der Waals surface area (Å²) in [6.07, 6.45) is 3.89. The third-order valence-electron chi connectivity index (χ3n) is 2.27. The summed E-state index contributed by atoms with van der Waals surface area (Å²) in [5, 5.41) is 15.5. The maximum absolute atomic E-state index is 4.22. The molecule has 0 aromatic heterocycles. The zero-order chi connectivity index (χ0) is 20.9. The van der Waals surface area contributed by atoms with Crippen LogP contribution < -0.4 is 0 Å². The predicted molar refractivity (Wildman–Crippen MR) is 121 cm³/mol. The molecule has 0 aliphatic heterocycles. The van der Waals surface area contributed by atoms with Crippen molar-refractivity contribution in [2.24, 2.45) is 10.2 Å². The van der Waals surface area contributed by atoms with Crippen molar-refractivity contribution in [3.63, 3.8) is 0 Å². The minimum absolute atomic E-state index is 0. The molecule has 0 rings (SSSR count). The van der Waals surface area contributed by atoms with Crippen molar-refractivity contribution in [2.45, 2.75) is 27.7 Å². The fourth-order valence-corrected chi connectivity index (χ4v) is 1.98. The van der Waals surface area contributed by atoms with Crippen LogP contribution in [0.5, 0.6) is 0 Å². The summed E-state index contributed by atoms with van der Waals surface area (Å²) >= 11 is 0. The van der Waals surface area contributed by atoms with Gasteiger partial charge in [-0.15, -0.1) is 0 Å². The van der Waals surface area contributed by atoms with E-state index in [1.165, 1.54) is 0 Å². The van der Waals surface area contributed by atoms with Gasteiger partial charge < -0.3 is 30.9 Å². The van der Waals surface area contributed by atoms with Crippen LogP contribution in [0.2, 0.25) is 0 Å². The van der Waals surface area contributed by atoms with Crippen molar-refractivity contribution in [2.75, 3.05) is 56.4 Å². The first-order chi connectivity index (χ1) is 11.8. The molecule has 9 heteroatoms. The number of rotatable bonds is 8. The quantitative estimate of drug-likeness (QED) is 0.322. The molecule has 0 bridgehead atoms. The van der Waals surface area contributed by atoms with E-state index >= 15 is 0 Å². The molecule has 0 N–H and O–H groups in total. The van der Waals surface area contributed by atoms with E-state index in [0.29, 0.717) is 0 Å². The van der Waals surface area contributed by atoms with Gasteiger partial charge in [0.15, 0.2) is 0 Å². The van der Waals surface area contributed by atoms with Crippen molar-refractivity contribution in [3.05, 3.63) is 34.4 Å². The third-order valence-corrected chi connectivity index (χ3v) is 2.27. The molecular weight excluding hydrogens is 416 g/mol. The molecule has 152 valence electrons. The van der Waals surface area contributed by atoms with Crippen LogP contribution >= 0.6 is 0 Å². The topological polar surface area (TPSA) is 65.9 Å². The van der Waals surface area contributed by atoms with E-state index in [1.54, 1.807) is 20.0 Å². The van der Waals surface area contributed by atoms with Gasteiger partial charge in [0.25, 0.3) is 0 Å². The maximum atomic E-state index is 4.22. The molecule has 0 fully saturated rings. The van der Waals surface area contributed by atoms with Gasteiger partial charge in [0.2, 0.25) is 0 Å². The van der Waals surface area contributed by atoms with Crippen LogP contribution in [0.4, 0.5) is 0 Å². The summed E-state index contributed by atoms with van der Waals surface area (Å²) in [6, 6.07) is 0. The second kappa shape index (κ2) is 17.5. The van der Waals surface area contributed by atoms with Crippen molar-refractivity contribution in [1.82, 2.24) is 20.0 Å². The van der Waals surface area contributed by atoms with Crippen molar-refractivity contribution >= 4 is 56.9 Å². The van der Waals surface area contributed by atoms with Crippen molar-refractivity contribution in [3.8, 4) is 0 Å². The SMILES string of the molecule is C/C(=C/C(C)=N/N(C)C)[N-]N(C)C.C/C(=C/C(C)=N/N(C)C)[N-]N(C)C.[Sr+2]. The molecule has 0 spiro atoms. The van der Waals surface area contributed by atoms with Crippen LogP contribution in [-0.2, 0) is 0 Å². The Labute approximate surface area is 204 Å². The zero-order valence-corrected chi connectivity index (χ0v) is 22.9. The average Bonchev–Trinajstić information content (AvgIpc) is 2.33. The van der Waals surface area contributed by atoms with E-state index in [4.69, 9.17) is 0 Å². The Bertz CT molecular complexity index is 459.